The van der Waals surface area contributed by atoms with Crippen molar-refractivity contribution in [3.05, 3.63) is 34.9 Å². The fourth-order valence-electron chi connectivity index (χ4n) is 2.10. The van der Waals surface area contributed by atoms with Crippen molar-refractivity contribution in [1.82, 2.24) is 15.3 Å². The zero-order valence-corrected chi connectivity index (χ0v) is 11.4. The Morgan fingerprint density at radius 1 is 1.17 bits per heavy atom. The molecule has 2 rings (SSSR count). The molecule has 0 saturated carbocycles. The third-order valence-electron chi connectivity index (χ3n) is 3.40. The molecule has 4 heteroatoms. The molecule has 1 aromatic rings. The van der Waals surface area contributed by atoms with Crippen LogP contribution >= 0.6 is 0 Å². The van der Waals surface area contributed by atoms with Crippen LogP contribution in [0.15, 0.2) is 18.2 Å². The van der Waals surface area contributed by atoms with Gasteiger partial charge >= 0.3 is 0 Å². The first-order valence-corrected chi connectivity index (χ1v) is 6.38. The van der Waals surface area contributed by atoms with E-state index in [1.807, 2.05) is 37.1 Å². The lowest BCUT2D eigenvalue weighted by Crippen LogP contribution is -2.52. The summed E-state index contributed by atoms with van der Waals surface area (Å²) in [5, 5.41) is 2.00. The molecule has 0 spiro atoms. The summed E-state index contributed by atoms with van der Waals surface area (Å²) < 4.78 is 0. The lowest BCUT2D eigenvalue weighted by molar-refractivity contribution is 0.0662. The summed E-state index contributed by atoms with van der Waals surface area (Å²) >= 11 is 0. The van der Waals surface area contributed by atoms with Gasteiger partial charge in [-0.25, -0.2) is 5.01 Å². The van der Waals surface area contributed by atoms with Gasteiger partial charge in [-0.15, -0.1) is 0 Å². The van der Waals surface area contributed by atoms with Crippen LogP contribution in [-0.2, 0) is 0 Å². The molecule has 1 N–H and O–H groups in total. The second-order valence-corrected chi connectivity index (χ2v) is 5.05. The van der Waals surface area contributed by atoms with Crippen LogP contribution in [0.4, 0.5) is 0 Å². The number of hydrogen-bond donors (Lipinski definition) is 1. The van der Waals surface area contributed by atoms with Crippen LogP contribution in [0.5, 0.6) is 0 Å². The highest BCUT2D eigenvalue weighted by Gasteiger charge is 2.17. The van der Waals surface area contributed by atoms with E-state index in [-0.39, 0.29) is 5.91 Å². The van der Waals surface area contributed by atoms with E-state index in [2.05, 4.69) is 17.4 Å². The van der Waals surface area contributed by atoms with Gasteiger partial charge in [-0.05, 0) is 32.5 Å². The van der Waals surface area contributed by atoms with Crippen molar-refractivity contribution >= 4 is 5.91 Å². The highest BCUT2D eigenvalue weighted by molar-refractivity contribution is 5.95. The number of carbonyl (C=O) groups excluding carboxylic acids is 1. The summed E-state index contributed by atoms with van der Waals surface area (Å²) in [6.07, 6.45) is 0. The van der Waals surface area contributed by atoms with Gasteiger partial charge in [-0.3, -0.25) is 10.2 Å². The number of amides is 1. The third-order valence-corrected chi connectivity index (χ3v) is 3.40. The van der Waals surface area contributed by atoms with Gasteiger partial charge in [0.1, 0.15) is 0 Å². The maximum atomic E-state index is 12.2. The number of carbonyl (C=O) groups is 1. The van der Waals surface area contributed by atoms with Gasteiger partial charge in [-0.2, -0.15) is 0 Å². The zero-order valence-electron chi connectivity index (χ0n) is 11.4. The summed E-state index contributed by atoms with van der Waals surface area (Å²) in [4.78, 5) is 14.5. The molecule has 4 nitrogen and oxygen atoms in total. The van der Waals surface area contributed by atoms with E-state index in [1.54, 1.807) is 0 Å². The number of nitrogens with one attached hydrogen (secondary N) is 1. The molecule has 0 bridgehead atoms. The number of benzene rings is 1. The maximum absolute atomic E-state index is 12.2. The first-order chi connectivity index (χ1) is 8.56. The third kappa shape index (κ3) is 3.09. The fourth-order valence-corrected chi connectivity index (χ4v) is 2.10. The van der Waals surface area contributed by atoms with Gasteiger partial charge in [-0.1, -0.05) is 17.7 Å². The predicted octanol–water partition coefficient (Wildman–Crippen LogP) is 1.20. The summed E-state index contributed by atoms with van der Waals surface area (Å²) in [5.74, 6) is 0.000697. The number of piperazine rings is 1. The maximum Gasteiger partial charge on any atom is 0.265 e. The van der Waals surface area contributed by atoms with Crippen LogP contribution in [-0.4, -0.2) is 49.0 Å². The SMILES string of the molecule is Cc1ccc(C)c(C(=O)NN2CCN(C)CC2)c1. The second-order valence-electron chi connectivity index (χ2n) is 5.05. The summed E-state index contributed by atoms with van der Waals surface area (Å²) in [6, 6.07) is 5.97. The van der Waals surface area contributed by atoms with Gasteiger partial charge < -0.3 is 4.90 Å². The van der Waals surface area contributed by atoms with Crippen LogP contribution in [0, 0.1) is 13.8 Å². The molecule has 1 aromatic carbocycles. The van der Waals surface area contributed by atoms with Gasteiger partial charge in [0.15, 0.2) is 0 Å². The first kappa shape index (κ1) is 13.1. The molecule has 1 amide bonds. The van der Waals surface area contributed by atoms with Gasteiger partial charge in [0, 0.05) is 31.7 Å². The first-order valence-electron chi connectivity index (χ1n) is 6.38. The molecule has 0 unspecified atom stereocenters. The van der Waals surface area contributed by atoms with E-state index in [0.29, 0.717) is 0 Å². The van der Waals surface area contributed by atoms with Crippen molar-refractivity contribution in [1.29, 1.82) is 0 Å². The standard InChI is InChI=1S/C14H21N3O/c1-11-4-5-12(2)13(10-11)14(18)15-17-8-6-16(3)7-9-17/h4-5,10H,6-9H2,1-3H3,(H,15,18). The van der Waals surface area contributed by atoms with Crippen LogP contribution < -0.4 is 5.43 Å². The van der Waals surface area contributed by atoms with E-state index in [1.165, 1.54) is 0 Å². The van der Waals surface area contributed by atoms with Crippen LogP contribution in [0.1, 0.15) is 21.5 Å². The summed E-state index contributed by atoms with van der Waals surface area (Å²) in [5.41, 5.74) is 5.90. The van der Waals surface area contributed by atoms with E-state index >= 15 is 0 Å². The van der Waals surface area contributed by atoms with E-state index in [0.717, 1.165) is 42.9 Å². The lowest BCUT2D eigenvalue weighted by atomic mass is 10.1. The Morgan fingerprint density at radius 3 is 2.50 bits per heavy atom. The number of hydrogen-bond acceptors (Lipinski definition) is 3. The Balaban J connectivity index is 2.01. The molecule has 1 saturated heterocycles. The Morgan fingerprint density at radius 2 is 1.83 bits per heavy atom. The Kier molecular flexibility index (Phi) is 3.99. The number of aryl methyl sites for hydroxylation is 2. The van der Waals surface area contributed by atoms with Crippen molar-refractivity contribution in [2.75, 3.05) is 33.2 Å². The van der Waals surface area contributed by atoms with Crippen molar-refractivity contribution in [2.45, 2.75) is 13.8 Å². The minimum Gasteiger partial charge on any atom is -0.304 e. The molecule has 1 aliphatic heterocycles. The Hall–Kier alpha value is -1.39. The zero-order chi connectivity index (χ0) is 13.1. The second kappa shape index (κ2) is 5.50. The normalized spacial score (nSPS) is 17.7. The number of likely N-dealkylation sites (N-methyl/N-ethyl adjacent to an activating group) is 1. The topological polar surface area (TPSA) is 35.6 Å². The van der Waals surface area contributed by atoms with Crippen molar-refractivity contribution in [3.8, 4) is 0 Å². The van der Waals surface area contributed by atoms with E-state index in [4.69, 9.17) is 0 Å². The molecule has 0 aliphatic carbocycles. The molecule has 1 heterocycles. The molecule has 1 fully saturated rings. The molecule has 98 valence electrons. The van der Waals surface area contributed by atoms with E-state index in [9.17, 15) is 4.79 Å². The molecule has 0 radical (unpaired) electrons. The number of hydrazine groups is 1. The van der Waals surface area contributed by atoms with Crippen LogP contribution in [0.3, 0.4) is 0 Å². The van der Waals surface area contributed by atoms with Crippen molar-refractivity contribution in [3.63, 3.8) is 0 Å². The molecular weight excluding hydrogens is 226 g/mol. The Bertz CT molecular complexity index is 437. The summed E-state index contributed by atoms with van der Waals surface area (Å²) in [7, 11) is 2.10. The van der Waals surface area contributed by atoms with Crippen LogP contribution in [0.2, 0.25) is 0 Å². The van der Waals surface area contributed by atoms with Crippen LogP contribution in [0.25, 0.3) is 0 Å². The smallest absolute Gasteiger partial charge is 0.265 e. The molecule has 0 atom stereocenters. The fraction of sp³-hybridized carbons (Fsp3) is 0.500. The number of rotatable bonds is 2. The molecule has 18 heavy (non-hydrogen) atoms. The largest absolute Gasteiger partial charge is 0.304 e. The minimum atomic E-state index is 0.000697. The van der Waals surface area contributed by atoms with Gasteiger partial charge in [0.05, 0.1) is 0 Å². The number of nitrogens with zero attached hydrogens (tertiary/aromatic N) is 2. The van der Waals surface area contributed by atoms with Crippen molar-refractivity contribution < 1.29 is 4.79 Å². The quantitative estimate of drug-likeness (QED) is 0.853. The highest BCUT2D eigenvalue weighted by atomic mass is 16.2. The average Bonchev–Trinajstić information content (AvgIpc) is 2.35. The molecule has 1 aliphatic rings. The predicted molar refractivity (Wildman–Crippen MR) is 72.5 cm³/mol. The molecule has 0 aromatic heterocycles. The highest BCUT2D eigenvalue weighted by Crippen LogP contribution is 2.10. The average molecular weight is 247 g/mol. The molecular formula is C14H21N3O. The lowest BCUT2D eigenvalue weighted by Gasteiger charge is -2.32. The van der Waals surface area contributed by atoms with E-state index < -0.39 is 0 Å². The van der Waals surface area contributed by atoms with Gasteiger partial charge in [0.25, 0.3) is 5.91 Å². The Labute approximate surface area is 109 Å². The van der Waals surface area contributed by atoms with Crippen molar-refractivity contribution in [2.24, 2.45) is 0 Å². The minimum absolute atomic E-state index is 0.000697. The summed E-state index contributed by atoms with van der Waals surface area (Å²) in [6.45, 7) is 7.73. The van der Waals surface area contributed by atoms with Gasteiger partial charge in [0.2, 0.25) is 0 Å². The monoisotopic (exact) mass is 247 g/mol.